The summed E-state index contributed by atoms with van der Waals surface area (Å²) in [6.07, 6.45) is 0. The van der Waals surface area contributed by atoms with E-state index in [1.54, 1.807) is 7.05 Å². The molecule has 2 aromatic rings. The average Bonchev–Trinajstić information content (AvgIpc) is 2.60. The molecule has 0 aliphatic carbocycles. The van der Waals surface area contributed by atoms with Gasteiger partial charge < -0.3 is 5.32 Å². The lowest BCUT2D eigenvalue weighted by Gasteiger charge is -2.05. The number of aryl methyl sites for hydroxylation is 2. The summed E-state index contributed by atoms with van der Waals surface area (Å²) in [6, 6.07) is 6.15. The molecule has 0 aliphatic rings. The summed E-state index contributed by atoms with van der Waals surface area (Å²) < 4.78 is 1.06. The number of nitrogens with one attached hydrogen (secondary N) is 1. The van der Waals surface area contributed by atoms with E-state index in [1.165, 1.54) is 10.4 Å². The van der Waals surface area contributed by atoms with Crippen LogP contribution in [0.5, 0.6) is 0 Å². The standard InChI is InChI=1S/C10H12BrN5/c1-7-3-8(11)5-9(4-7)12-6-10-13-15-16(2)14-10/h3-5,12H,6H2,1-2H3. The van der Waals surface area contributed by atoms with Gasteiger partial charge in [-0.05, 0) is 35.9 Å². The first-order chi connectivity index (χ1) is 7.63. The number of tetrazole rings is 1. The molecule has 2 rings (SSSR count). The molecule has 0 fully saturated rings. The van der Waals surface area contributed by atoms with Gasteiger partial charge in [-0.3, -0.25) is 0 Å². The fraction of sp³-hybridized carbons (Fsp3) is 0.300. The van der Waals surface area contributed by atoms with Gasteiger partial charge in [-0.2, -0.15) is 4.80 Å². The zero-order valence-electron chi connectivity index (χ0n) is 9.11. The highest BCUT2D eigenvalue weighted by Crippen LogP contribution is 2.19. The molecule has 6 heteroatoms. The number of halogens is 1. The van der Waals surface area contributed by atoms with Gasteiger partial charge in [0.25, 0.3) is 0 Å². The SMILES string of the molecule is Cc1cc(Br)cc(NCc2nnn(C)n2)c1. The maximum atomic E-state index is 4.09. The van der Waals surface area contributed by atoms with Crippen LogP contribution in [0.25, 0.3) is 0 Å². The number of hydrogen-bond acceptors (Lipinski definition) is 4. The van der Waals surface area contributed by atoms with Crippen molar-refractivity contribution in [1.82, 2.24) is 20.2 Å². The molecule has 1 aromatic heterocycles. The van der Waals surface area contributed by atoms with Crippen molar-refractivity contribution in [3.8, 4) is 0 Å². The Morgan fingerprint density at radius 3 is 2.81 bits per heavy atom. The van der Waals surface area contributed by atoms with Gasteiger partial charge in [-0.1, -0.05) is 15.9 Å². The van der Waals surface area contributed by atoms with Gasteiger partial charge in [0.15, 0.2) is 5.82 Å². The molecule has 0 bridgehead atoms. The average molecular weight is 282 g/mol. The van der Waals surface area contributed by atoms with Crippen LogP contribution in [-0.2, 0) is 13.6 Å². The molecule has 1 N–H and O–H groups in total. The van der Waals surface area contributed by atoms with E-state index in [1.807, 2.05) is 6.07 Å². The summed E-state index contributed by atoms with van der Waals surface area (Å²) in [5.41, 5.74) is 2.24. The first-order valence-electron chi connectivity index (χ1n) is 4.87. The van der Waals surface area contributed by atoms with Crippen LogP contribution in [0, 0.1) is 6.92 Å². The van der Waals surface area contributed by atoms with Crippen molar-refractivity contribution >= 4 is 21.6 Å². The molecule has 5 nitrogen and oxygen atoms in total. The number of hydrogen-bond donors (Lipinski definition) is 1. The number of rotatable bonds is 3. The van der Waals surface area contributed by atoms with Crippen LogP contribution in [0.3, 0.4) is 0 Å². The molecule has 1 heterocycles. The van der Waals surface area contributed by atoms with Gasteiger partial charge in [-0.15, -0.1) is 10.2 Å². The Labute approximate surface area is 102 Å². The second kappa shape index (κ2) is 4.61. The van der Waals surface area contributed by atoms with E-state index >= 15 is 0 Å². The minimum Gasteiger partial charge on any atom is -0.378 e. The molecule has 1 aromatic carbocycles. The highest BCUT2D eigenvalue weighted by Gasteiger charge is 2.01. The van der Waals surface area contributed by atoms with Crippen LogP contribution in [0.4, 0.5) is 5.69 Å². The van der Waals surface area contributed by atoms with Crippen LogP contribution >= 0.6 is 15.9 Å². The highest BCUT2D eigenvalue weighted by molar-refractivity contribution is 9.10. The van der Waals surface area contributed by atoms with Crippen LogP contribution in [0.15, 0.2) is 22.7 Å². The predicted octanol–water partition coefficient (Wildman–Crippen LogP) is 1.89. The Morgan fingerprint density at radius 1 is 1.38 bits per heavy atom. The minimum atomic E-state index is 0.573. The van der Waals surface area contributed by atoms with Gasteiger partial charge >= 0.3 is 0 Å². The molecular formula is C10H12BrN5. The van der Waals surface area contributed by atoms with Gasteiger partial charge in [0.2, 0.25) is 0 Å². The van der Waals surface area contributed by atoms with Crippen molar-refractivity contribution in [2.45, 2.75) is 13.5 Å². The fourth-order valence-electron chi connectivity index (χ4n) is 1.41. The predicted molar refractivity (Wildman–Crippen MR) is 65.0 cm³/mol. The third kappa shape index (κ3) is 2.79. The summed E-state index contributed by atoms with van der Waals surface area (Å²) in [7, 11) is 1.75. The quantitative estimate of drug-likeness (QED) is 0.934. The molecule has 0 unspecified atom stereocenters. The van der Waals surface area contributed by atoms with Crippen LogP contribution in [-0.4, -0.2) is 20.2 Å². The van der Waals surface area contributed by atoms with Crippen molar-refractivity contribution in [3.05, 3.63) is 34.1 Å². The molecule has 0 amide bonds. The smallest absolute Gasteiger partial charge is 0.193 e. The first-order valence-corrected chi connectivity index (χ1v) is 5.67. The van der Waals surface area contributed by atoms with Crippen molar-refractivity contribution in [2.24, 2.45) is 7.05 Å². The Hall–Kier alpha value is -1.43. The van der Waals surface area contributed by atoms with E-state index in [9.17, 15) is 0 Å². The maximum absolute atomic E-state index is 4.09. The van der Waals surface area contributed by atoms with Crippen LogP contribution in [0.2, 0.25) is 0 Å². The Balaban J connectivity index is 2.04. The lowest BCUT2D eigenvalue weighted by Crippen LogP contribution is -2.02. The topological polar surface area (TPSA) is 55.6 Å². The molecule has 0 saturated heterocycles. The second-order valence-electron chi connectivity index (χ2n) is 3.57. The van der Waals surface area contributed by atoms with Crippen LogP contribution < -0.4 is 5.32 Å². The first kappa shape index (κ1) is 11.1. The van der Waals surface area contributed by atoms with E-state index in [-0.39, 0.29) is 0 Å². The maximum Gasteiger partial charge on any atom is 0.193 e. The van der Waals surface area contributed by atoms with E-state index in [4.69, 9.17) is 0 Å². The van der Waals surface area contributed by atoms with Crippen molar-refractivity contribution in [3.63, 3.8) is 0 Å². The molecule has 0 spiro atoms. The van der Waals surface area contributed by atoms with Gasteiger partial charge in [0.1, 0.15) is 0 Å². The van der Waals surface area contributed by atoms with Gasteiger partial charge in [-0.25, -0.2) is 0 Å². The summed E-state index contributed by atoms with van der Waals surface area (Å²) >= 11 is 3.46. The largest absolute Gasteiger partial charge is 0.378 e. The Bertz CT molecular complexity index is 473. The minimum absolute atomic E-state index is 0.573. The van der Waals surface area contributed by atoms with Crippen molar-refractivity contribution < 1.29 is 0 Å². The summed E-state index contributed by atoms with van der Waals surface area (Å²) in [4.78, 5) is 1.45. The van der Waals surface area contributed by atoms with E-state index in [0.29, 0.717) is 12.4 Å². The molecule has 16 heavy (non-hydrogen) atoms. The number of benzene rings is 1. The number of aromatic nitrogens is 4. The summed E-state index contributed by atoms with van der Waals surface area (Å²) in [5.74, 6) is 0.681. The number of anilines is 1. The van der Waals surface area contributed by atoms with Crippen molar-refractivity contribution in [2.75, 3.05) is 5.32 Å². The van der Waals surface area contributed by atoms with Gasteiger partial charge in [0.05, 0.1) is 13.6 Å². The van der Waals surface area contributed by atoms with E-state index in [0.717, 1.165) is 10.2 Å². The highest BCUT2D eigenvalue weighted by atomic mass is 79.9. The fourth-order valence-corrected chi connectivity index (χ4v) is 2.02. The third-order valence-corrected chi connectivity index (χ3v) is 2.50. The lowest BCUT2D eigenvalue weighted by molar-refractivity contribution is 0.628. The molecule has 0 aliphatic heterocycles. The second-order valence-corrected chi connectivity index (χ2v) is 4.48. The Morgan fingerprint density at radius 2 is 2.19 bits per heavy atom. The van der Waals surface area contributed by atoms with E-state index < -0.39 is 0 Å². The number of nitrogens with zero attached hydrogens (tertiary/aromatic N) is 4. The summed E-state index contributed by atoms with van der Waals surface area (Å²) in [5, 5.41) is 15.0. The monoisotopic (exact) mass is 281 g/mol. The van der Waals surface area contributed by atoms with Crippen molar-refractivity contribution in [1.29, 1.82) is 0 Å². The van der Waals surface area contributed by atoms with E-state index in [2.05, 4.69) is 55.7 Å². The Kier molecular flexibility index (Phi) is 3.19. The zero-order valence-corrected chi connectivity index (χ0v) is 10.7. The molecule has 0 atom stereocenters. The molecule has 0 radical (unpaired) electrons. The normalized spacial score (nSPS) is 10.4. The molecule has 0 saturated carbocycles. The zero-order chi connectivity index (χ0) is 11.5. The third-order valence-electron chi connectivity index (χ3n) is 2.04. The van der Waals surface area contributed by atoms with Crippen LogP contribution in [0.1, 0.15) is 11.4 Å². The summed E-state index contributed by atoms with van der Waals surface area (Å²) in [6.45, 7) is 2.63. The molecular weight excluding hydrogens is 270 g/mol. The van der Waals surface area contributed by atoms with Gasteiger partial charge in [0, 0.05) is 10.2 Å². The lowest BCUT2D eigenvalue weighted by atomic mass is 10.2. The molecule has 84 valence electrons.